The van der Waals surface area contributed by atoms with Gasteiger partial charge >= 0.3 is 11.9 Å². The Labute approximate surface area is 383 Å². The number of hydrogen-bond donors (Lipinski definition) is 4. The number of carbonyl (C=O) groups is 3. The average Bonchev–Trinajstić information content (AvgIpc) is 3.99. The lowest BCUT2D eigenvalue weighted by molar-refractivity contribution is -0.144. The molecule has 3 aromatic heterocycles. The minimum Gasteiger partial charge on any atom is -0.468 e. The van der Waals surface area contributed by atoms with E-state index in [1.54, 1.807) is 0 Å². The molecule has 6 rings (SSSR count). The highest BCUT2D eigenvalue weighted by atomic mass is 16.5. The molecule has 0 saturated carbocycles. The molecule has 1 aliphatic carbocycles. The molecule has 348 valence electrons. The van der Waals surface area contributed by atoms with Gasteiger partial charge in [0.05, 0.1) is 19.4 Å². The summed E-state index contributed by atoms with van der Waals surface area (Å²) in [5.74, 6) is 0.342. The van der Waals surface area contributed by atoms with Crippen LogP contribution in [0.4, 0.5) is 0 Å². The van der Waals surface area contributed by atoms with Crippen LogP contribution in [0.1, 0.15) is 186 Å². The maximum Gasteiger partial charge on any atom is 0.321 e. The molecule has 4 N–H and O–H groups in total. The number of fused-ring (bicyclic) bond motifs is 7. The van der Waals surface area contributed by atoms with E-state index in [2.05, 4.69) is 107 Å². The SMILES string of the molecule is C=Cc1c2[nH]c(c1C)/C=C1\N/C(=C3\c4[nH]c(c(C)c4C(=O)[C@@H]3C(=O)OC)/C=c3\[nH]/c(c(C)c3CC)=C\2)[C@@H](CCC(=O)OCC[C@H](C)CCC[C@H](C)CCC[C@H](C)CCCC(C)C)[C@@H]1C. The van der Waals surface area contributed by atoms with E-state index < -0.39 is 11.9 Å². The highest BCUT2D eigenvalue weighted by molar-refractivity contribution is 6.24. The number of H-pyrrole nitrogens is 3. The zero-order valence-corrected chi connectivity index (χ0v) is 41.0. The first-order valence-corrected chi connectivity index (χ1v) is 24.6. The van der Waals surface area contributed by atoms with Gasteiger partial charge in [0.25, 0.3) is 0 Å². The first-order chi connectivity index (χ1) is 30.6. The largest absolute Gasteiger partial charge is 0.468 e. The summed E-state index contributed by atoms with van der Waals surface area (Å²) in [7, 11) is 1.33. The number of esters is 2. The molecule has 6 atom stereocenters. The number of Topliss-reactive ketones (excluding diaryl/α,β-unsaturated/α-hetero) is 1. The van der Waals surface area contributed by atoms with Crippen molar-refractivity contribution in [3.05, 3.63) is 84.8 Å². The number of ether oxygens (including phenoxy) is 2. The molecular weight excluding hydrogens is 797 g/mol. The van der Waals surface area contributed by atoms with Crippen molar-refractivity contribution in [1.82, 2.24) is 20.3 Å². The number of aromatic nitrogens is 3. The molecule has 0 unspecified atom stereocenters. The molecule has 5 heterocycles. The van der Waals surface area contributed by atoms with Gasteiger partial charge in [-0.1, -0.05) is 119 Å². The van der Waals surface area contributed by atoms with Crippen LogP contribution in [0.15, 0.2) is 18.0 Å². The van der Waals surface area contributed by atoms with Gasteiger partial charge in [-0.25, -0.2) is 0 Å². The number of aromatic amines is 3. The van der Waals surface area contributed by atoms with Crippen LogP contribution in [-0.2, 0) is 25.5 Å². The quantitative estimate of drug-likeness (QED) is 0.0623. The van der Waals surface area contributed by atoms with Crippen LogP contribution >= 0.6 is 0 Å². The van der Waals surface area contributed by atoms with E-state index in [1.165, 1.54) is 64.0 Å². The summed E-state index contributed by atoms with van der Waals surface area (Å²) in [6.45, 7) is 26.8. The molecule has 9 nitrogen and oxygen atoms in total. The van der Waals surface area contributed by atoms with Gasteiger partial charge in [0.1, 0.15) is 5.92 Å². The van der Waals surface area contributed by atoms with Crippen molar-refractivity contribution in [2.45, 2.75) is 153 Å². The molecule has 1 saturated heterocycles. The molecular formula is C55H78N4O5. The minimum atomic E-state index is -1.13. The Kier molecular flexibility index (Phi) is 16.3. The predicted molar refractivity (Wildman–Crippen MR) is 262 cm³/mol. The Bertz CT molecular complexity index is 2380. The molecule has 0 spiro atoms. The van der Waals surface area contributed by atoms with Crippen molar-refractivity contribution >= 4 is 47.6 Å². The number of carbonyl (C=O) groups excluding carboxylic acids is 3. The minimum absolute atomic E-state index is 0.0757. The van der Waals surface area contributed by atoms with Crippen molar-refractivity contribution in [1.29, 1.82) is 0 Å². The fourth-order valence-corrected chi connectivity index (χ4v) is 10.7. The third kappa shape index (κ3) is 10.7. The second kappa shape index (κ2) is 21.5. The first-order valence-electron chi connectivity index (χ1n) is 24.6. The Morgan fingerprint density at radius 2 is 1.39 bits per heavy atom. The zero-order valence-electron chi connectivity index (χ0n) is 41.0. The molecule has 2 aliphatic heterocycles. The molecule has 8 bridgehead atoms. The Morgan fingerprint density at radius 3 is 2.00 bits per heavy atom. The fraction of sp³-hybridized carbons (Fsp3) is 0.582. The lowest BCUT2D eigenvalue weighted by Crippen LogP contribution is -2.25. The molecule has 1 fully saturated rings. The number of nitrogens with one attached hydrogen (secondary N) is 4. The van der Waals surface area contributed by atoms with Crippen LogP contribution in [0.25, 0.3) is 29.9 Å². The van der Waals surface area contributed by atoms with Gasteiger partial charge in [-0.05, 0) is 104 Å². The molecule has 3 aliphatic rings. The standard InChI is InChI=1S/C55H78N4O5/c1-13-39-35(8)42-28-44-37(10)41(24-25-48(60)64-27-26-34(7)23-17-22-33(6)21-16-20-32(5)19-15-18-31(3)4)52(58-44)50-51(55(62)63-12)54(61)49-38(11)45(59-53(49)50)30-47-40(14-2)36(9)43(57-47)29-46(39)56-42/h13,28-34,37,41,51,56-59H,1,14-27H2,2-12H3/b43-29-,44-28-,47-30-,52-50-/t32-,33-,34-,37+,41+,51-/m1/s1. The van der Waals surface area contributed by atoms with Crippen molar-refractivity contribution < 1.29 is 23.9 Å². The van der Waals surface area contributed by atoms with E-state index in [-0.39, 0.29) is 30.0 Å². The van der Waals surface area contributed by atoms with Crippen LogP contribution in [0.3, 0.4) is 0 Å². The number of methoxy groups -OCH3 is 1. The van der Waals surface area contributed by atoms with Crippen LogP contribution in [0.2, 0.25) is 0 Å². The van der Waals surface area contributed by atoms with Crippen LogP contribution in [0, 0.1) is 62.2 Å². The number of ketones is 1. The normalized spacial score (nSPS) is 22.2. The Morgan fingerprint density at radius 1 is 0.781 bits per heavy atom. The molecule has 64 heavy (non-hydrogen) atoms. The second-order valence-corrected chi connectivity index (χ2v) is 20.1. The lowest BCUT2D eigenvalue weighted by Gasteiger charge is -2.20. The summed E-state index contributed by atoms with van der Waals surface area (Å²) >= 11 is 0. The molecule has 0 amide bonds. The van der Waals surface area contributed by atoms with Crippen LogP contribution < -0.4 is 16.0 Å². The summed E-state index contributed by atoms with van der Waals surface area (Å²) in [6, 6.07) is 0. The zero-order chi connectivity index (χ0) is 46.4. The number of hydrogen-bond acceptors (Lipinski definition) is 6. The van der Waals surface area contributed by atoms with Gasteiger partial charge in [0.2, 0.25) is 0 Å². The van der Waals surface area contributed by atoms with E-state index in [4.69, 9.17) is 9.47 Å². The smallest absolute Gasteiger partial charge is 0.321 e. The first kappa shape index (κ1) is 48.7. The highest BCUT2D eigenvalue weighted by Gasteiger charge is 2.48. The van der Waals surface area contributed by atoms with Gasteiger partial charge in [-0.2, -0.15) is 0 Å². The number of rotatable bonds is 21. The molecule has 0 radical (unpaired) electrons. The summed E-state index contributed by atoms with van der Waals surface area (Å²) in [6.07, 6.45) is 22.3. The molecule has 9 heteroatoms. The van der Waals surface area contributed by atoms with Gasteiger partial charge in [0, 0.05) is 74.1 Å². The van der Waals surface area contributed by atoms with E-state index in [0.717, 1.165) is 98.4 Å². The Balaban J connectivity index is 1.19. The summed E-state index contributed by atoms with van der Waals surface area (Å²) < 4.78 is 11.2. The maximum atomic E-state index is 14.4. The summed E-state index contributed by atoms with van der Waals surface area (Å²) in [5.41, 5.74) is 11.3. The maximum absolute atomic E-state index is 14.4. The van der Waals surface area contributed by atoms with E-state index >= 15 is 0 Å². The monoisotopic (exact) mass is 875 g/mol. The van der Waals surface area contributed by atoms with Gasteiger partial charge in [-0.15, -0.1) is 0 Å². The Hall–Kier alpha value is -4.79. The van der Waals surface area contributed by atoms with Crippen molar-refractivity contribution in [3.8, 4) is 0 Å². The van der Waals surface area contributed by atoms with Crippen LogP contribution in [-0.4, -0.2) is 46.4 Å². The van der Waals surface area contributed by atoms with E-state index in [0.29, 0.717) is 35.8 Å². The molecule has 0 aromatic carbocycles. The third-order valence-corrected chi connectivity index (χ3v) is 14.9. The second-order valence-electron chi connectivity index (χ2n) is 20.1. The summed E-state index contributed by atoms with van der Waals surface area (Å²) in [5, 5.41) is 5.68. The highest BCUT2D eigenvalue weighted by Crippen LogP contribution is 2.48. The number of allylic oxidation sites excluding steroid dienone is 2. The van der Waals surface area contributed by atoms with Crippen molar-refractivity contribution in [2.24, 2.45) is 41.4 Å². The molecule has 3 aromatic rings. The van der Waals surface area contributed by atoms with Gasteiger partial charge in [0.15, 0.2) is 5.78 Å². The fourth-order valence-electron chi connectivity index (χ4n) is 10.7. The lowest BCUT2D eigenvalue weighted by atomic mass is 9.85. The van der Waals surface area contributed by atoms with Crippen molar-refractivity contribution in [3.63, 3.8) is 0 Å². The van der Waals surface area contributed by atoms with E-state index in [1.807, 2.05) is 13.0 Å². The van der Waals surface area contributed by atoms with Crippen molar-refractivity contribution in [2.75, 3.05) is 13.7 Å². The van der Waals surface area contributed by atoms with E-state index in [9.17, 15) is 14.4 Å². The van der Waals surface area contributed by atoms with Gasteiger partial charge in [-0.3, -0.25) is 14.4 Å². The topological polar surface area (TPSA) is 129 Å². The predicted octanol–water partition coefficient (Wildman–Crippen LogP) is 11.2. The average molecular weight is 875 g/mol. The summed E-state index contributed by atoms with van der Waals surface area (Å²) in [4.78, 5) is 52.5. The third-order valence-electron chi connectivity index (χ3n) is 14.9. The van der Waals surface area contributed by atoms with Crippen LogP contribution in [0.5, 0.6) is 0 Å². The van der Waals surface area contributed by atoms with Gasteiger partial charge < -0.3 is 29.7 Å².